The van der Waals surface area contributed by atoms with E-state index in [4.69, 9.17) is 8.83 Å². The lowest BCUT2D eigenvalue weighted by molar-refractivity contribution is 0.490. The number of hydrogen-bond acceptors (Lipinski definition) is 4. The highest BCUT2D eigenvalue weighted by molar-refractivity contribution is 6.13. The zero-order valence-corrected chi connectivity index (χ0v) is 39.0. The molecule has 68 heavy (non-hydrogen) atoms. The third-order valence-electron chi connectivity index (χ3n) is 16.0. The molecule has 2 aromatic heterocycles. The monoisotopic (exact) mass is 880 g/mol. The molecule has 0 saturated carbocycles. The van der Waals surface area contributed by atoms with Crippen LogP contribution in [0.25, 0.3) is 66.1 Å². The van der Waals surface area contributed by atoms with Crippen molar-refractivity contribution >= 4 is 78.0 Å². The van der Waals surface area contributed by atoms with Crippen LogP contribution >= 0.6 is 0 Å². The number of furan rings is 2. The van der Waals surface area contributed by atoms with Gasteiger partial charge in [-0.1, -0.05) is 137 Å². The van der Waals surface area contributed by atoms with Crippen molar-refractivity contribution in [3.8, 4) is 22.3 Å². The zero-order valence-electron chi connectivity index (χ0n) is 39.0. The summed E-state index contributed by atoms with van der Waals surface area (Å²) < 4.78 is 13.0. The van der Waals surface area contributed by atoms with E-state index in [0.29, 0.717) is 0 Å². The first-order valence-electron chi connectivity index (χ1n) is 24.5. The predicted molar refractivity (Wildman–Crippen MR) is 284 cm³/mol. The molecule has 0 spiro atoms. The van der Waals surface area contributed by atoms with E-state index in [0.717, 1.165) is 104 Å². The number of hydrogen-bond donors (Lipinski definition) is 0. The first-order chi connectivity index (χ1) is 33.5. The summed E-state index contributed by atoms with van der Waals surface area (Å²) in [7, 11) is 0. The van der Waals surface area contributed by atoms with Crippen LogP contribution in [0, 0.1) is 0 Å². The van der Waals surface area contributed by atoms with E-state index in [1.165, 1.54) is 44.5 Å². The number of para-hydroxylation sites is 2. The first kappa shape index (κ1) is 40.5. The number of anilines is 6. The van der Waals surface area contributed by atoms with Crippen molar-refractivity contribution < 1.29 is 8.83 Å². The zero-order chi connectivity index (χ0) is 45.7. The molecule has 0 atom stereocenters. The van der Waals surface area contributed by atoms with E-state index in [9.17, 15) is 0 Å². The van der Waals surface area contributed by atoms with Gasteiger partial charge >= 0.3 is 0 Å². The second-order valence-corrected chi connectivity index (χ2v) is 18.8. The van der Waals surface area contributed by atoms with Crippen LogP contribution in [0.1, 0.15) is 75.6 Å². The second-order valence-electron chi connectivity index (χ2n) is 18.8. The Hall–Kier alpha value is -7.82. The lowest BCUT2D eigenvalue weighted by Crippen LogP contribution is -2.23. The van der Waals surface area contributed by atoms with E-state index in [1.807, 2.05) is 6.07 Å². The van der Waals surface area contributed by atoms with Gasteiger partial charge < -0.3 is 18.6 Å². The van der Waals surface area contributed by atoms with Crippen LogP contribution in [-0.2, 0) is 10.8 Å². The van der Waals surface area contributed by atoms with E-state index in [1.54, 1.807) is 0 Å². The van der Waals surface area contributed by atoms with E-state index >= 15 is 0 Å². The molecule has 0 N–H and O–H groups in total. The van der Waals surface area contributed by atoms with Gasteiger partial charge in [-0.15, -0.1) is 0 Å². The minimum atomic E-state index is -0.0256. The quantitative estimate of drug-likeness (QED) is 0.137. The Kier molecular flexibility index (Phi) is 9.14. The van der Waals surface area contributed by atoms with Crippen LogP contribution in [0.3, 0.4) is 0 Å². The maximum atomic E-state index is 6.58. The Morgan fingerprint density at radius 3 is 1.41 bits per heavy atom. The highest BCUT2D eigenvalue weighted by Gasteiger charge is 2.42. The average molecular weight is 881 g/mol. The van der Waals surface area contributed by atoms with Gasteiger partial charge in [0.15, 0.2) is 0 Å². The minimum Gasteiger partial charge on any atom is -0.456 e. The van der Waals surface area contributed by atoms with Gasteiger partial charge in [-0.3, -0.25) is 0 Å². The minimum absolute atomic E-state index is 0.0209. The molecule has 2 aliphatic rings. The number of rotatable bonds is 10. The van der Waals surface area contributed by atoms with Gasteiger partial charge in [0.2, 0.25) is 0 Å². The Morgan fingerprint density at radius 2 is 0.765 bits per heavy atom. The summed E-state index contributed by atoms with van der Waals surface area (Å²) >= 11 is 0. The van der Waals surface area contributed by atoms with Crippen molar-refractivity contribution in [2.24, 2.45) is 0 Å². The predicted octanol–water partition coefficient (Wildman–Crippen LogP) is 18.6. The van der Waals surface area contributed by atoms with Gasteiger partial charge in [0.1, 0.15) is 22.3 Å². The fraction of sp³-hybridized carbons (Fsp3) is 0.156. The molecule has 4 nitrogen and oxygen atoms in total. The van der Waals surface area contributed by atoms with Crippen molar-refractivity contribution in [3.63, 3.8) is 0 Å². The molecule has 0 fully saturated rings. The van der Waals surface area contributed by atoms with E-state index in [2.05, 4.69) is 226 Å². The summed E-state index contributed by atoms with van der Waals surface area (Å²) in [4.78, 5) is 4.89. The lowest BCUT2D eigenvalue weighted by Gasteiger charge is -2.32. The summed E-state index contributed by atoms with van der Waals surface area (Å²) in [5, 5.41) is 4.39. The third-order valence-corrected chi connectivity index (χ3v) is 16.0. The first-order valence-corrected chi connectivity index (χ1v) is 24.5. The molecule has 0 amide bonds. The van der Waals surface area contributed by atoms with Gasteiger partial charge in [0.05, 0.1) is 11.1 Å². The molecule has 11 aromatic rings. The molecule has 13 rings (SSSR count). The molecule has 0 saturated heterocycles. The maximum Gasteiger partial charge on any atom is 0.137 e. The average Bonchev–Trinajstić information content (AvgIpc) is 4.12. The molecule has 0 bridgehead atoms. The molecule has 0 unspecified atom stereocenters. The standard InChI is InChI=1S/C64H52N2O2/c1-5-63(6-2)53-25-13-9-21-46(53)50-38-43(31-34-55(50)63)65(44-33-36-60-52(40-44)48-23-11-15-28-58(48)67-60)41-19-17-20-42(37-41)66(57-27-18-30-61-62(57)49-24-12-16-29-59(49)68-61)45-32-35-56-51(39-45)47-22-10-14-26-54(47)64(56,7-3)8-4/h9-40H,5-8H2,1-4H3. The summed E-state index contributed by atoms with van der Waals surface area (Å²) in [6.45, 7) is 9.37. The normalized spacial score (nSPS) is 14.1. The Bertz CT molecular complexity index is 3790. The highest BCUT2D eigenvalue weighted by Crippen LogP contribution is 2.56. The molecular weight excluding hydrogens is 829 g/mol. The maximum absolute atomic E-state index is 6.58. The van der Waals surface area contributed by atoms with E-state index in [-0.39, 0.29) is 10.8 Å². The summed E-state index contributed by atoms with van der Waals surface area (Å²) in [6.07, 6.45) is 4.18. The molecule has 2 aliphatic carbocycles. The fourth-order valence-electron chi connectivity index (χ4n) is 12.6. The second kappa shape index (κ2) is 15.4. The summed E-state index contributed by atoms with van der Waals surface area (Å²) in [5.74, 6) is 0. The number of benzene rings is 9. The van der Waals surface area contributed by atoms with Crippen molar-refractivity contribution in [1.82, 2.24) is 0 Å². The number of nitrogens with zero attached hydrogens (tertiary/aromatic N) is 2. The van der Waals surface area contributed by atoms with Crippen LogP contribution in [0.2, 0.25) is 0 Å². The Balaban J connectivity index is 1.05. The largest absolute Gasteiger partial charge is 0.456 e. The third kappa shape index (κ3) is 5.67. The van der Waals surface area contributed by atoms with Gasteiger partial charge in [0.25, 0.3) is 0 Å². The molecule has 2 heterocycles. The van der Waals surface area contributed by atoms with Crippen molar-refractivity contribution in [2.75, 3.05) is 9.80 Å². The van der Waals surface area contributed by atoms with Crippen LogP contribution in [0.15, 0.2) is 203 Å². The highest BCUT2D eigenvalue weighted by atomic mass is 16.3. The van der Waals surface area contributed by atoms with Crippen LogP contribution in [-0.4, -0.2) is 0 Å². The van der Waals surface area contributed by atoms with Crippen LogP contribution in [0.4, 0.5) is 34.1 Å². The molecule has 330 valence electrons. The number of fused-ring (bicyclic) bond motifs is 12. The van der Waals surface area contributed by atoms with E-state index < -0.39 is 0 Å². The van der Waals surface area contributed by atoms with Crippen LogP contribution < -0.4 is 9.80 Å². The molecule has 0 aliphatic heterocycles. The molecule has 0 radical (unpaired) electrons. The Labute approximate surface area is 397 Å². The molecular formula is C64H52N2O2. The van der Waals surface area contributed by atoms with Gasteiger partial charge in [-0.2, -0.15) is 0 Å². The smallest absolute Gasteiger partial charge is 0.137 e. The Morgan fingerprint density at radius 1 is 0.324 bits per heavy atom. The van der Waals surface area contributed by atoms with Crippen LogP contribution in [0.5, 0.6) is 0 Å². The van der Waals surface area contributed by atoms with Crippen molar-refractivity contribution in [3.05, 3.63) is 216 Å². The van der Waals surface area contributed by atoms with Gasteiger partial charge in [0, 0.05) is 55.4 Å². The fourth-order valence-corrected chi connectivity index (χ4v) is 12.6. The molecule has 9 aromatic carbocycles. The summed E-state index contributed by atoms with van der Waals surface area (Å²) in [5.41, 5.74) is 20.9. The SMILES string of the molecule is CCC1(CC)c2ccccc2-c2cc(N(c3cccc(N(c4ccc5c(c4)-c4ccccc4C5(CC)CC)c4cccc5oc6ccccc6c45)c3)c3ccc4oc5ccccc5c4c3)ccc21. The lowest BCUT2D eigenvalue weighted by atomic mass is 9.74. The van der Waals surface area contributed by atoms with Gasteiger partial charge in [-0.25, -0.2) is 0 Å². The molecule has 4 heteroatoms. The van der Waals surface area contributed by atoms with Gasteiger partial charge in [-0.05, 0) is 155 Å². The van der Waals surface area contributed by atoms with Crippen molar-refractivity contribution in [2.45, 2.75) is 64.2 Å². The summed E-state index contributed by atoms with van der Waals surface area (Å²) in [6, 6.07) is 71.5. The van der Waals surface area contributed by atoms with Crippen molar-refractivity contribution in [1.29, 1.82) is 0 Å². The topological polar surface area (TPSA) is 32.8 Å².